The van der Waals surface area contributed by atoms with Crippen LogP contribution in [0, 0.1) is 20.8 Å². The van der Waals surface area contributed by atoms with E-state index in [-0.39, 0.29) is 18.2 Å². The number of hydrogen-bond acceptors (Lipinski definition) is 2. The largest absolute Gasteiger partial charge is 0.326 e. The highest BCUT2D eigenvalue weighted by atomic mass is 16.2. The molecular weight excluding hydrogens is 324 g/mol. The lowest BCUT2D eigenvalue weighted by molar-refractivity contribution is -0.117. The van der Waals surface area contributed by atoms with Crippen molar-refractivity contribution in [1.29, 1.82) is 0 Å². The van der Waals surface area contributed by atoms with Gasteiger partial charge in [0.2, 0.25) is 11.8 Å². The first-order valence-corrected chi connectivity index (χ1v) is 9.06. The van der Waals surface area contributed by atoms with Gasteiger partial charge < -0.3 is 10.2 Å². The van der Waals surface area contributed by atoms with Crippen LogP contribution in [0.5, 0.6) is 0 Å². The first kappa shape index (κ1) is 19.7. The molecule has 0 aromatic heterocycles. The first-order valence-electron chi connectivity index (χ1n) is 9.06. The zero-order valence-electron chi connectivity index (χ0n) is 16.3. The van der Waals surface area contributed by atoms with E-state index in [0.717, 1.165) is 28.9 Å². The maximum absolute atomic E-state index is 12.4. The molecule has 138 valence electrons. The lowest BCUT2D eigenvalue weighted by Crippen LogP contribution is -2.32. The summed E-state index contributed by atoms with van der Waals surface area (Å²) in [5.74, 6) is -0.152. The van der Waals surface area contributed by atoms with E-state index in [1.807, 2.05) is 45.0 Å². The van der Waals surface area contributed by atoms with Crippen LogP contribution in [0.2, 0.25) is 0 Å². The van der Waals surface area contributed by atoms with Crippen LogP contribution in [-0.4, -0.2) is 18.4 Å². The Bertz CT molecular complexity index is 771. The molecule has 0 aliphatic carbocycles. The number of benzene rings is 2. The van der Waals surface area contributed by atoms with Gasteiger partial charge in [0.25, 0.3) is 0 Å². The molecule has 0 aliphatic rings. The van der Waals surface area contributed by atoms with Gasteiger partial charge in [-0.15, -0.1) is 0 Å². The molecule has 2 aromatic rings. The Balaban J connectivity index is 2.04. The van der Waals surface area contributed by atoms with Crippen LogP contribution >= 0.6 is 0 Å². The molecule has 0 spiro atoms. The maximum atomic E-state index is 12.4. The molecule has 0 saturated heterocycles. The van der Waals surface area contributed by atoms with Crippen molar-refractivity contribution in [3.8, 4) is 0 Å². The fourth-order valence-corrected chi connectivity index (χ4v) is 3.17. The Kier molecular flexibility index (Phi) is 6.56. The van der Waals surface area contributed by atoms with Crippen molar-refractivity contribution in [3.63, 3.8) is 0 Å². The van der Waals surface area contributed by atoms with Gasteiger partial charge >= 0.3 is 0 Å². The molecule has 0 unspecified atom stereocenters. The molecule has 0 saturated carbocycles. The molecule has 26 heavy (non-hydrogen) atoms. The highest BCUT2D eigenvalue weighted by molar-refractivity contribution is 5.95. The van der Waals surface area contributed by atoms with Crippen molar-refractivity contribution in [2.24, 2.45) is 0 Å². The number of aryl methyl sites for hydroxylation is 4. The summed E-state index contributed by atoms with van der Waals surface area (Å²) in [5, 5.41) is 2.99. The molecule has 0 fully saturated rings. The SMILES string of the molecule is CCc1ccc(N(CCC(=O)Nc2c(C)cc(C)cc2C)C(C)=O)cc1. The topological polar surface area (TPSA) is 49.4 Å². The minimum atomic E-state index is -0.0866. The summed E-state index contributed by atoms with van der Waals surface area (Å²) in [6.07, 6.45) is 1.21. The summed E-state index contributed by atoms with van der Waals surface area (Å²) < 4.78 is 0. The van der Waals surface area contributed by atoms with Crippen LogP contribution in [0.15, 0.2) is 36.4 Å². The van der Waals surface area contributed by atoms with Crippen LogP contribution in [0.25, 0.3) is 0 Å². The van der Waals surface area contributed by atoms with Gasteiger partial charge in [-0.25, -0.2) is 0 Å². The second-order valence-corrected chi connectivity index (χ2v) is 6.76. The van der Waals surface area contributed by atoms with E-state index < -0.39 is 0 Å². The quantitative estimate of drug-likeness (QED) is 0.829. The van der Waals surface area contributed by atoms with Gasteiger partial charge in [0, 0.05) is 31.3 Å². The van der Waals surface area contributed by atoms with E-state index in [9.17, 15) is 9.59 Å². The number of carbonyl (C=O) groups excluding carboxylic acids is 2. The monoisotopic (exact) mass is 352 g/mol. The van der Waals surface area contributed by atoms with Crippen molar-refractivity contribution in [3.05, 3.63) is 58.7 Å². The van der Waals surface area contributed by atoms with Crippen molar-refractivity contribution in [2.45, 2.75) is 47.5 Å². The van der Waals surface area contributed by atoms with Gasteiger partial charge in [-0.2, -0.15) is 0 Å². The van der Waals surface area contributed by atoms with Crippen molar-refractivity contribution in [1.82, 2.24) is 0 Å². The first-order chi connectivity index (χ1) is 12.3. The predicted octanol–water partition coefficient (Wildman–Crippen LogP) is 4.56. The van der Waals surface area contributed by atoms with Gasteiger partial charge in [0.1, 0.15) is 0 Å². The molecule has 2 amide bonds. The summed E-state index contributed by atoms with van der Waals surface area (Å²) >= 11 is 0. The van der Waals surface area contributed by atoms with E-state index in [1.165, 1.54) is 18.1 Å². The predicted molar refractivity (Wildman–Crippen MR) is 108 cm³/mol. The van der Waals surface area contributed by atoms with E-state index in [0.29, 0.717) is 6.54 Å². The molecule has 0 radical (unpaired) electrons. The van der Waals surface area contributed by atoms with Gasteiger partial charge in [-0.05, 0) is 56.0 Å². The lowest BCUT2D eigenvalue weighted by Gasteiger charge is -2.21. The standard InChI is InChI=1S/C22H28N2O2/c1-6-19-7-9-20(10-8-19)24(18(5)25)12-11-21(26)23-22-16(3)13-15(2)14-17(22)4/h7-10,13-14H,6,11-12H2,1-5H3,(H,23,26). The number of carbonyl (C=O) groups is 2. The Labute approximate surface area is 156 Å². The van der Waals surface area contributed by atoms with E-state index in [2.05, 4.69) is 24.4 Å². The smallest absolute Gasteiger partial charge is 0.226 e. The van der Waals surface area contributed by atoms with Crippen molar-refractivity contribution < 1.29 is 9.59 Å². The zero-order chi connectivity index (χ0) is 19.3. The molecular formula is C22H28N2O2. The molecule has 0 heterocycles. The third-order valence-corrected chi connectivity index (χ3v) is 4.54. The lowest BCUT2D eigenvalue weighted by atomic mass is 10.0. The Hall–Kier alpha value is -2.62. The van der Waals surface area contributed by atoms with Crippen LogP contribution in [0.1, 0.15) is 42.5 Å². The normalized spacial score (nSPS) is 10.5. The summed E-state index contributed by atoms with van der Waals surface area (Å²) in [5.41, 5.74) is 6.19. The number of nitrogens with zero attached hydrogens (tertiary/aromatic N) is 1. The number of rotatable bonds is 6. The van der Waals surface area contributed by atoms with Gasteiger partial charge in [-0.3, -0.25) is 9.59 Å². The summed E-state index contributed by atoms with van der Waals surface area (Å²) in [6, 6.07) is 12.0. The zero-order valence-corrected chi connectivity index (χ0v) is 16.3. The van der Waals surface area contributed by atoms with Crippen LogP contribution in [0.3, 0.4) is 0 Å². The molecule has 0 bridgehead atoms. The number of nitrogens with one attached hydrogen (secondary N) is 1. The minimum absolute atomic E-state index is 0.0651. The fraction of sp³-hybridized carbons (Fsp3) is 0.364. The second kappa shape index (κ2) is 8.65. The Morgan fingerprint density at radius 2 is 1.58 bits per heavy atom. The molecule has 2 rings (SSSR count). The Morgan fingerprint density at radius 3 is 2.08 bits per heavy atom. The highest BCUT2D eigenvalue weighted by Gasteiger charge is 2.14. The molecule has 0 atom stereocenters. The summed E-state index contributed by atoms with van der Waals surface area (Å²) in [4.78, 5) is 26.1. The van der Waals surface area contributed by atoms with Crippen LogP contribution < -0.4 is 10.2 Å². The fourth-order valence-electron chi connectivity index (χ4n) is 3.17. The molecule has 2 aromatic carbocycles. The van der Waals surface area contributed by atoms with Crippen LogP contribution in [0.4, 0.5) is 11.4 Å². The maximum Gasteiger partial charge on any atom is 0.226 e. The summed E-state index contributed by atoms with van der Waals surface area (Å²) in [7, 11) is 0. The van der Waals surface area contributed by atoms with Gasteiger partial charge in [0.05, 0.1) is 0 Å². The van der Waals surface area contributed by atoms with Crippen molar-refractivity contribution in [2.75, 3.05) is 16.8 Å². The Morgan fingerprint density at radius 1 is 1.00 bits per heavy atom. The average molecular weight is 352 g/mol. The number of anilines is 2. The minimum Gasteiger partial charge on any atom is -0.326 e. The molecule has 4 nitrogen and oxygen atoms in total. The van der Waals surface area contributed by atoms with Gasteiger partial charge in [-0.1, -0.05) is 36.8 Å². The number of hydrogen-bond donors (Lipinski definition) is 1. The van der Waals surface area contributed by atoms with E-state index in [1.54, 1.807) is 4.90 Å². The molecule has 4 heteroatoms. The molecule has 1 N–H and O–H groups in total. The van der Waals surface area contributed by atoms with Crippen molar-refractivity contribution >= 4 is 23.2 Å². The highest BCUT2D eigenvalue weighted by Crippen LogP contribution is 2.22. The van der Waals surface area contributed by atoms with E-state index in [4.69, 9.17) is 0 Å². The third-order valence-electron chi connectivity index (χ3n) is 4.54. The average Bonchev–Trinajstić information content (AvgIpc) is 2.58. The summed E-state index contributed by atoms with van der Waals surface area (Å²) in [6.45, 7) is 10.0. The molecule has 0 aliphatic heterocycles. The van der Waals surface area contributed by atoms with Gasteiger partial charge in [0.15, 0.2) is 0 Å². The second-order valence-electron chi connectivity index (χ2n) is 6.76. The van der Waals surface area contributed by atoms with Crippen LogP contribution in [-0.2, 0) is 16.0 Å². The third kappa shape index (κ3) is 4.94. The van der Waals surface area contributed by atoms with E-state index >= 15 is 0 Å². The number of amides is 2.